The molecule has 0 heterocycles. The number of hydrogen-bond acceptors (Lipinski definition) is 3. The lowest BCUT2D eigenvalue weighted by Gasteiger charge is -2.20. The van der Waals surface area contributed by atoms with Crippen LogP contribution in [0.25, 0.3) is 0 Å². The summed E-state index contributed by atoms with van der Waals surface area (Å²) in [5.74, 6) is 3.81. The van der Waals surface area contributed by atoms with Gasteiger partial charge in [0.15, 0.2) is 11.5 Å². The number of quaternary nitrogens is 1. The van der Waals surface area contributed by atoms with Crippen LogP contribution in [0.5, 0.6) is 11.5 Å². The van der Waals surface area contributed by atoms with Crippen LogP contribution < -0.4 is 14.8 Å². The predicted octanol–water partition coefficient (Wildman–Crippen LogP) is 0.932. The third-order valence-corrected chi connectivity index (χ3v) is 2.92. The van der Waals surface area contributed by atoms with Crippen LogP contribution in [0.1, 0.15) is 26.3 Å². The molecule has 0 unspecified atom stereocenters. The minimum atomic E-state index is -0.190. The van der Waals surface area contributed by atoms with E-state index in [4.69, 9.17) is 15.9 Å². The van der Waals surface area contributed by atoms with E-state index in [0.29, 0.717) is 18.1 Å². The Kier molecular flexibility index (Phi) is 6.37. The topological polar surface area (TPSA) is 55.3 Å². The van der Waals surface area contributed by atoms with Crippen LogP contribution in [0.4, 0.5) is 0 Å². The first-order valence-electron chi connectivity index (χ1n) is 6.79. The van der Waals surface area contributed by atoms with Gasteiger partial charge in [-0.15, -0.1) is 6.42 Å². The highest BCUT2D eigenvalue weighted by Crippen LogP contribution is 2.28. The molecule has 0 amide bonds. The lowest BCUT2D eigenvalue weighted by Crippen LogP contribution is -2.95. The monoisotopic (exact) mass is 278 g/mol. The molecule has 1 aromatic rings. The number of ether oxygens (including phenoxy) is 2. The SMILES string of the molecule is C#CCOc1ccc(C[NH2+]C(C)(C)CO)cc1OCC. The summed E-state index contributed by atoms with van der Waals surface area (Å²) in [6, 6.07) is 5.81. The van der Waals surface area contributed by atoms with Crippen LogP contribution in [0.2, 0.25) is 0 Å². The quantitative estimate of drug-likeness (QED) is 0.696. The van der Waals surface area contributed by atoms with E-state index in [9.17, 15) is 5.11 Å². The number of hydrogen-bond donors (Lipinski definition) is 2. The minimum Gasteiger partial charge on any atom is -0.490 e. The van der Waals surface area contributed by atoms with Crippen molar-refractivity contribution in [3.05, 3.63) is 23.8 Å². The van der Waals surface area contributed by atoms with Gasteiger partial charge in [0.05, 0.1) is 13.2 Å². The molecule has 4 nitrogen and oxygen atoms in total. The second-order valence-electron chi connectivity index (χ2n) is 5.26. The average Bonchev–Trinajstić information content (AvgIpc) is 2.44. The maximum atomic E-state index is 9.26. The predicted molar refractivity (Wildman–Crippen MR) is 78.7 cm³/mol. The van der Waals surface area contributed by atoms with Crippen LogP contribution in [0, 0.1) is 12.3 Å². The van der Waals surface area contributed by atoms with Crippen LogP contribution >= 0.6 is 0 Å². The van der Waals surface area contributed by atoms with Gasteiger partial charge in [-0.1, -0.05) is 5.92 Å². The fraction of sp³-hybridized carbons (Fsp3) is 0.500. The minimum absolute atomic E-state index is 0.134. The molecule has 0 fully saturated rings. The Labute approximate surface area is 121 Å². The molecule has 0 spiro atoms. The summed E-state index contributed by atoms with van der Waals surface area (Å²) in [5.41, 5.74) is 0.924. The van der Waals surface area contributed by atoms with Crippen molar-refractivity contribution in [2.75, 3.05) is 19.8 Å². The zero-order chi connectivity index (χ0) is 15.0. The van der Waals surface area contributed by atoms with E-state index in [1.54, 1.807) is 0 Å². The Balaban J connectivity index is 2.79. The van der Waals surface area contributed by atoms with Gasteiger partial charge in [0.25, 0.3) is 0 Å². The van der Waals surface area contributed by atoms with Gasteiger partial charge in [-0.25, -0.2) is 0 Å². The third-order valence-electron chi connectivity index (χ3n) is 2.92. The first kappa shape index (κ1) is 16.4. The third kappa shape index (κ3) is 5.12. The van der Waals surface area contributed by atoms with Crippen LogP contribution in [-0.2, 0) is 6.54 Å². The normalized spacial score (nSPS) is 10.9. The van der Waals surface area contributed by atoms with Crippen LogP contribution in [0.15, 0.2) is 18.2 Å². The van der Waals surface area contributed by atoms with E-state index in [1.807, 2.05) is 39.0 Å². The molecule has 0 bridgehead atoms. The second kappa shape index (κ2) is 7.78. The molecule has 4 heteroatoms. The summed E-state index contributed by atoms with van der Waals surface area (Å²) in [6.07, 6.45) is 5.20. The van der Waals surface area contributed by atoms with Gasteiger partial charge in [0.1, 0.15) is 18.7 Å². The summed E-state index contributed by atoms with van der Waals surface area (Å²) in [5, 5.41) is 11.4. The number of rotatable bonds is 8. The maximum Gasteiger partial charge on any atom is 0.162 e. The molecule has 0 aliphatic carbocycles. The molecular formula is C16H24NO3+. The second-order valence-corrected chi connectivity index (χ2v) is 5.26. The number of aliphatic hydroxyl groups excluding tert-OH is 1. The number of aliphatic hydroxyl groups is 1. The molecule has 0 atom stereocenters. The van der Waals surface area contributed by atoms with Gasteiger partial charge in [-0.2, -0.15) is 0 Å². The molecule has 0 aliphatic rings. The Morgan fingerprint density at radius 3 is 2.65 bits per heavy atom. The Morgan fingerprint density at radius 2 is 2.05 bits per heavy atom. The lowest BCUT2D eigenvalue weighted by molar-refractivity contribution is -0.736. The molecule has 1 rings (SSSR count). The van der Waals surface area contributed by atoms with Gasteiger partial charge in [-0.05, 0) is 39.0 Å². The highest BCUT2D eigenvalue weighted by Gasteiger charge is 2.19. The molecule has 3 N–H and O–H groups in total. The van der Waals surface area contributed by atoms with E-state index in [0.717, 1.165) is 12.1 Å². The van der Waals surface area contributed by atoms with E-state index in [1.165, 1.54) is 0 Å². The van der Waals surface area contributed by atoms with Crippen molar-refractivity contribution in [2.45, 2.75) is 32.9 Å². The molecule has 0 saturated heterocycles. The van der Waals surface area contributed by atoms with Gasteiger partial charge in [0, 0.05) is 5.56 Å². The number of nitrogens with two attached hydrogens (primary N) is 1. The molecule has 1 aromatic carbocycles. The van der Waals surface area contributed by atoms with Crippen molar-refractivity contribution in [1.29, 1.82) is 0 Å². The molecule has 110 valence electrons. The van der Waals surface area contributed by atoms with Gasteiger partial charge >= 0.3 is 0 Å². The maximum absolute atomic E-state index is 9.26. The van der Waals surface area contributed by atoms with Gasteiger partial charge in [-0.3, -0.25) is 0 Å². The fourth-order valence-corrected chi connectivity index (χ4v) is 1.65. The molecule has 0 aliphatic heterocycles. The summed E-state index contributed by atoms with van der Waals surface area (Å²) < 4.78 is 11.0. The highest BCUT2D eigenvalue weighted by molar-refractivity contribution is 5.43. The first-order chi connectivity index (χ1) is 9.52. The first-order valence-corrected chi connectivity index (χ1v) is 6.79. The molecule has 0 aromatic heterocycles. The number of terminal acetylenes is 1. The van der Waals surface area contributed by atoms with Crippen molar-refractivity contribution in [2.24, 2.45) is 0 Å². The van der Waals surface area contributed by atoms with E-state index in [2.05, 4.69) is 11.2 Å². The summed E-state index contributed by atoms with van der Waals surface area (Å²) in [4.78, 5) is 0. The van der Waals surface area contributed by atoms with Crippen molar-refractivity contribution in [1.82, 2.24) is 0 Å². The molecule has 0 radical (unpaired) electrons. The molecule has 0 saturated carbocycles. The zero-order valence-electron chi connectivity index (χ0n) is 12.5. The lowest BCUT2D eigenvalue weighted by atomic mass is 10.1. The standard InChI is InChI=1S/C16H23NO3/c1-5-9-20-14-8-7-13(10-15(14)19-6-2)11-17-16(3,4)12-18/h1,7-8,10,17-18H,6,9,11-12H2,2-4H3/p+1. The smallest absolute Gasteiger partial charge is 0.162 e. The zero-order valence-corrected chi connectivity index (χ0v) is 12.5. The van der Waals surface area contributed by atoms with Crippen molar-refractivity contribution in [3.8, 4) is 23.8 Å². The Bertz CT molecular complexity index is 463. The largest absolute Gasteiger partial charge is 0.490 e. The van der Waals surface area contributed by atoms with Gasteiger partial charge < -0.3 is 19.9 Å². The Morgan fingerprint density at radius 1 is 1.30 bits per heavy atom. The number of benzene rings is 1. The van der Waals surface area contributed by atoms with E-state index >= 15 is 0 Å². The average molecular weight is 278 g/mol. The highest BCUT2D eigenvalue weighted by atomic mass is 16.5. The summed E-state index contributed by atoms with van der Waals surface area (Å²) >= 11 is 0. The van der Waals surface area contributed by atoms with Crippen molar-refractivity contribution in [3.63, 3.8) is 0 Å². The van der Waals surface area contributed by atoms with Crippen molar-refractivity contribution < 1.29 is 19.9 Å². The Hall–Kier alpha value is -1.70. The fourth-order valence-electron chi connectivity index (χ4n) is 1.65. The molecule has 20 heavy (non-hydrogen) atoms. The summed E-state index contributed by atoms with van der Waals surface area (Å²) in [6.45, 7) is 7.63. The van der Waals surface area contributed by atoms with E-state index in [-0.39, 0.29) is 18.8 Å². The van der Waals surface area contributed by atoms with Gasteiger partial charge in [0.2, 0.25) is 0 Å². The van der Waals surface area contributed by atoms with E-state index < -0.39 is 0 Å². The van der Waals surface area contributed by atoms with Crippen LogP contribution in [-0.4, -0.2) is 30.5 Å². The summed E-state index contributed by atoms with van der Waals surface area (Å²) in [7, 11) is 0. The molecular weight excluding hydrogens is 254 g/mol. The van der Waals surface area contributed by atoms with Crippen LogP contribution in [0.3, 0.4) is 0 Å². The van der Waals surface area contributed by atoms with Crippen molar-refractivity contribution >= 4 is 0 Å².